The molecule has 0 radical (unpaired) electrons. The van der Waals surface area contributed by atoms with Gasteiger partial charge in [0.05, 0.1) is 0 Å². The normalized spacial score (nSPS) is 20.3. The first-order valence-electron chi connectivity index (χ1n) is 8.11. The summed E-state index contributed by atoms with van der Waals surface area (Å²) >= 11 is 6.06. The Bertz CT molecular complexity index is 685. The predicted octanol–water partition coefficient (Wildman–Crippen LogP) is 2.21. The maximum atomic E-state index is 12.7. The summed E-state index contributed by atoms with van der Waals surface area (Å²) in [6.07, 6.45) is 3.10. The second-order valence-corrected chi connectivity index (χ2v) is 6.79. The molecule has 1 aliphatic heterocycles. The maximum absolute atomic E-state index is 12.7. The minimum Gasteiger partial charge on any atom is -0.350 e. The average Bonchev–Trinajstić information content (AvgIpc) is 3.12. The van der Waals surface area contributed by atoms with Crippen LogP contribution in [0.5, 0.6) is 0 Å². The molecule has 2 fully saturated rings. The highest BCUT2D eigenvalue weighted by Crippen LogP contribution is 2.35. The van der Waals surface area contributed by atoms with Crippen LogP contribution >= 0.6 is 11.6 Å². The van der Waals surface area contributed by atoms with E-state index >= 15 is 0 Å². The molecule has 1 atom stereocenters. The van der Waals surface area contributed by atoms with Crippen molar-refractivity contribution in [3.8, 4) is 0 Å². The van der Waals surface area contributed by atoms with Crippen LogP contribution in [0, 0.1) is 0 Å². The zero-order valence-electron chi connectivity index (χ0n) is 13.5. The van der Waals surface area contributed by atoms with Crippen molar-refractivity contribution in [2.75, 3.05) is 0 Å². The third kappa shape index (κ3) is 2.86. The Labute approximate surface area is 145 Å². The van der Waals surface area contributed by atoms with E-state index in [4.69, 9.17) is 11.6 Å². The molecular weight excluding hydrogens is 330 g/mol. The first-order valence-corrected chi connectivity index (χ1v) is 8.49. The fourth-order valence-corrected chi connectivity index (χ4v) is 3.60. The summed E-state index contributed by atoms with van der Waals surface area (Å²) in [4.78, 5) is 38.3. The molecular formula is C17H20ClN3O3. The molecule has 1 aliphatic carbocycles. The van der Waals surface area contributed by atoms with Crippen molar-refractivity contribution in [3.05, 3.63) is 34.9 Å². The molecule has 6 nitrogen and oxygen atoms in total. The van der Waals surface area contributed by atoms with Crippen LogP contribution in [0.1, 0.15) is 38.2 Å². The molecule has 0 bridgehead atoms. The van der Waals surface area contributed by atoms with E-state index < -0.39 is 17.6 Å². The molecule has 2 aliphatic rings. The van der Waals surface area contributed by atoms with E-state index in [1.165, 1.54) is 0 Å². The predicted molar refractivity (Wildman–Crippen MR) is 89.3 cm³/mol. The average molecular weight is 350 g/mol. The number of rotatable bonds is 4. The third-order valence-electron chi connectivity index (χ3n) is 4.83. The quantitative estimate of drug-likeness (QED) is 0.818. The molecule has 1 aromatic carbocycles. The van der Waals surface area contributed by atoms with E-state index in [0.717, 1.165) is 23.3 Å². The Hall–Kier alpha value is -2.08. The van der Waals surface area contributed by atoms with Crippen molar-refractivity contribution in [1.29, 1.82) is 0 Å². The summed E-state index contributed by atoms with van der Waals surface area (Å²) in [6, 6.07) is 5.85. The van der Waals surface area contributed by atoms with Gasteiger partial charge in [-0.3, -0.25) is 9.59 Å². The fourth-order valence-electron chi connectivity index (χ4n) is 3.40. The van der Waals surface area contributed by atoms with Crippen molar-refractivity contribution in [1.82, 2.24) is 15.5 Å². The van der Waals surface area contributed by atoms with Crippen LogP contribution < -0.4 is 10.6 Å². The molecule has 1 heterocycles. The maximum Gasteiger partial charge on any atom is 0.325 e. The second kappa shape index (κ2) is 6.43. The Morgan fingerprint density at radius 3 is 2.67 bits per heavy atom. The fraction of sp³-hybridized carbons (Fsp3) is 0.471. The summed E-state index contributed by atoms with van der Waals surface area (Å²) in [7, 11) is 0. The van der Waals surface area contributed by atoms with Gasteiger partial charge in [-0.15, -0.1) is 0 Å². The van der Waals surface area contributed by atoms with E-state index in [9.17, 15) is 14.4 Å². The number of carbonyl (C=O) groups is 3. The lowest BCUT2D eigenvalue weighted by Crippen LogP contribution is -2.49. The lowest BCUT2D eigenvalue weighted by molar-refractivity contribution is -0.137. The van der Waals surface area contributed by atoms with Crippen molar-refractivity contribution in [3.63, 3.8) is 0 Å². The number of nitrogens with one attached hydrogen (secondary N) is 2. The van der Waals surface area contributed by atoms with Gasteiger partial charge in [-0.1, -0.05) is 42.6 Å². The molecule has 1 spiro atoms. The minimum absolute atomic E-state index is 0.248. The highest BCUT2D eigenvalue weighted by molar-refractivity contribution is 6.31. The van der Waals surface area contributed by atoms with Gasteiger partial charge in [0.25, 0.3) is 5.91 Å². The molecule has 1 aromatic rings. The largest absolute Gasteiger partial charge is 0.350 e. The van der Waals surface area contributed by atoms with Crippen LogP contribution in [0.25, 0.3) is 0 Å². The van der Waals surface area contributed by atoms with Crippen LogP contribution in [0.4, 0.5) is 4.79 Å². The van der Waals surface area contributed by atoms with E-state index in [-0.39, 0.29) is 18.4 Å². The van der Waals surface area contributed by atoms with Crippen molar-refractivity contribution >= 4 is 29.4 Å². The van der Waals surface area contributed by atoms with Crippen LogP contribution in [0.3, 0.4) is 0 Å². The highest BCUT2D eigenvalue weighted by Gasteiger charge is 2.54. The Morgan fingerprint density at radius 1 is 1.33 bits per heavy atom. The first-order chi connectivity index (χ1) is 11.4. The zero-order chi connectivity index (χ0) is 17.3. The van der Waals surface area contributed by atoms with Crippen molar-refractivity contribution in [2.24, 2.45) is 0 Å². The molecule has 1 saturated heterocycles. The van der Waals surface area contributed by atoms with Gasteiger partial charge in [-0.25, -0.2) is 9.69 Å². The smallest absolute Gasteiger partial charge is 0.325 e. The lowest BCUT2D eigenvalue weighted by Gasteiger charge is -2.23. The van der Waals surface area contributed by atoms with E-state index in [2.05, 4.69) is 10.6 Å². The highest BCUT2D eigenvalue weighted by atomic mass is 35.5. The number of halogens is 1. The number of carbonyl (C=O) groups excluding carboxylic acids is 3. The van der Waals surface area contributed by atoms with Crippen molar-refractivity contribution in [2.45, 2.75) is 50.7 Å². The van der Waals surface area contributed by atoms with Crippen LogP contribution in [0.15, 0.2) is 24.3 Å². The van der Waals surface area contributed by atoms with Crippen LogP contribution in [-0.2, 0) is 16.1 Å². The first kappa shape index (κ1) is 16.8. The van der Waals surface area contributed by atoms with E-state index in [1.54, 1.807) is 13.0 Å². The molecule has 2 N–H and O–H groups in total. The van der Waals surface area contributed by atoms with Gasteiger partial charge in [0.2, 0.25) is 5.91 Å². The summed E-state index contributed by atoms with van der Waals surface area (Å²) in [5.74, 6) is -0.668. The number of benzene rings is 1. The summed E-state index contributed by atoms with van der Waals surface area (Å²) in [6.45, 7) is 1.81. The van der Waals surface area contributed by atoms with Crippen molar-refractivity contribution < 1.29 is 14.4 Å². The topological polar surface area (TPSA) is 78.5 Å². The summed E-state index contributed by atoms with van der Waals surface area (Å²) in [5, 5.41) is 6.08. The zero-order valence-corrected chi connectivity index (χ0v) is 14.2. The molecule has 7 heteroatoms. The summed E-state index contributed by atoms with van der Waals surface area (Å²) in [5.41, 5.74) is -0.0156. The molecule has 0 aromatic heterocycles. The molecule has 1 saturated carbocycles. The van der Waals surface area contributed by atoms with Gasteiger partial charge in [-0.2, -0.15) is 0 Å². The third-order valence-corrected chi connectivity index (χ3v) is 5.20. The minimum atomic E-state index is -0.861. The number of urea groups is 1. The van der Waals surface area contributed by atoms with Gasteiger partial charge in [-0.05, 0) is 31.4 Å². The van der Waals surface area contributed by atoms with Crippen LogP contribution in [0.2, 0.25) is 5.02 Å². The Morgan fingerprint density at radius 2 is 2.00 bits per heavy atom. The van der Waals surface area contributed by atoms with Gasteiger partial charge in [0.1, 0.15) is 11.6 Å². The Balaban J connectivity index is 1.66. The van der Waals surface area contributed by atoms with Gasteiger partial charge in [0.15, 0.2) is 0 Å². The van der Waals surface area contributed by atoms with Gasteiger partial charge < -0.3 is 10.6 Å². The van der Waals surface area contributed by atoms with Gasteiger partial charge >= 0.3 is 6.03 Å². The number of hydrogen-bond acceptors (Lipinski definition) is 3. The Kier molecular flexibility index (Phi) is 4.49. The molecule has 1 unspecified atom stereocenters. The number of hydrogen-bond donors (Lipinski definition) is 2. The summed E-state index contributed by atoms with van der Waals surface area (Å²) < 4.78 is 0. The lowest BCUT2D eigenvalue weighted by atomic mass is 9.97. The van der Waals surface area contributed by atoms with Gasteiger partial charge in [0, 0.05) is 11.6 Å². The standard InChI is InChI=1S/C17H20ClN3O3/c1-11(14(22)19-10-12-6-2-3-7-13(12)18)21-15(23)17(20-16(21)24)8-4-5-9-17/h2-3,6-7,11H,4-5,8-10H2,1H3,(H,19,22)(H,20,24). The molecule has 3 rings (SSSR count). The molecule has 4 amide bonds. The van der Waals surface area contributed by atoms with Crippen LogP contribution in [-0.4, -0.2) is 34.3 Å². The molecule has 128 valence electrons. The molecule has 24 heavy (non-hydrogen) atoms. The SMILES string of the molecule is CC(C(=O)NCc1ccccc1Cl)N1C(=O)NC2(CCCC2)C1=O. The number of amides is 4. The van der Waals surface area contributed by atoms with E-state index in [0.29, 0.717) is 17.9 Å². The number of imide groups is 1. The number of nitrogens with zero attached hydrogens (tertiary/aromatic N) is 1. The van der Waals surface area contributed by atoms with E-state index in [1.807, 2.05) is 18.2 Å². The monoisotopic (exact) mass is 349 g/mol. The second-order valence-electron chi connectivity index (χ2n) is 6.38.